The number of carbonyl (C=O) groups excluding carboxylic acids is 1. The summed E-state index contributed by atoms with van der Waals surface area (Å²) in [5.41, 5.74) is 0.272. The van der Waals surface area contributed by atoms with E-state index < -0.39 is 0 Å². The molecule has 0 aromatic rings. The average Bonchev–Trinajstić information content (AvgIpc) is 2.35. The van der Waals surface area contributed by atoms with Crippen LogP contribution in [0.25, 0.3) is 0 Å². The van der Waals surface area contributed by atoms with Crippen LogP contribution >= 0.6 is 0 Å². The molecule has 0 radical (unpaired) electrons. The summed E-state index contributed by atoms with van der Waals surface area (Å²) >= 11 is 0. The molecule has 1 saturated heterocycles. The van der Waals surface area contributed by atoms with E-state index in [-0.39, 0.29) is 11.5 Å². The Kier molecular flexibility index (Phi) is 6.27. The lowest BCUT2D eigenvalue weighted by Crippen LogP contribution is -2.50. The number of ether oxygens (including phenoxy) is 1. The monoisotopic (exact) mass is 270 g/mol. The zero-order chi connectivity index (χ0) is 14.5. The van der Waals surface area contributed by atoms with Crippen molar-refractivity contribution < 1.29 is 9.53 Å². The van der Waals surface area contributed by atoms with Gasteiger partial charge in [-0.05, 0) is 47.6 Å². The highest BCUT2D eigenvalue weighted by Crippen LogP contribution is 2.22. The molecule has 0 saturated carbocycles. The second kappa shape index (κ2) is 7.25. The molecular formula is C15H30N2O2. The van der Waals surface area contributed by atoms with Crippen molar-refractivity contribution in [3.63, 3.8) is 0 Å². The standard InChI is InChI=1S/C15H30N2O2/c1-6-19-14(18)9-10-16(5)13-7-11-17(12-8-13)15(2,3)4/h13H,6-12H2,1-5H3. The second-order valence-electron chi connectivity index (χ2n) is 6.42. The first kappa shape index (κ1) is 16.4. The van der Waals surface area contributed by atoms with Gasteiger partial charge in [-0.15, -0.1) is 0 Å². The summed E-state index contributed by atoms with van der Waals surface area (Å²) in [5.74, 6) is -0.0820. The van der Waals surface area contributed by atoms with Crippen molar-refractivity contribution in [2.24, 2.45) is 0 Å². The zero-order valence-electron chi connectivity index (χ0n) is 13.2. The van der Waals surface area contributed by atoms with E-state index in [1.165, 1.54) is 12.8 Å². The van der Waals surface area contributed by atoms with Crippen molar-refractivity contribution in [2.75, 3.05) is 33.3 Å². The number of hydrogen-bond acceptors (Lipinski definition) is 4. The average molecular weight is 270 g/mol. The van der Waals surface area contributed by atoms with Crippen LogP contribution < -0.4 is 0 Å². The first-order chi connectivity index (χ1) is 8.84. The van der Waals surface area contributed by atoms with Gasteiger partial charge in [0, 0.05) is 31.2 Å². The van der Waals surface area contributed by atoms with Gasteiger partial charge < -0.3 is 9.64 Å². The molecule has 0 spiro atoms. The fourth-order valence-electron chi connectivity index (χ4n) is 2.66. The molecule has 0 bridgehead atoms. The summed E-state index contributed by atoms with van der Waals surface area (Å²) in [6.45, 7) is 12.3. The van der Waals surface area contributed by atoms with E-state index >= 15 is 0 Å². The third-order valence-electron chi connectivity index (χ3n) is 4.01. The molecule has 1 fully saturated rings. The predicted molar refractivity (Wildman–Crippen MR) is 78.2 cm³/mol. The van der Waals surface area contributed by atoms with E-state index in [0.29, 0.717) is 19.1 Å². The highest BCUT2D eigenvalue weighted by Gasteiger charge is 2.28. The van der Waals surface area contributed by atoms with E-state index in [1.54, 1.807) is 0 Å². The van der Waals surface area contributed by atoms with Gasteiger partial charge in [0.1, 0.15) is 0 Å². The zero-order valence-corrected chi connectivity index (χ0v) is 13.2. The van der Waals surface area contributed by atoms with Gasteiger partial charge in [0.2, 0.25) is 0 Å². The molecule has 0 N–H and O–H groups in total. The fourth-order valence-corrected chi connectivity index (χ4v) is 2.66. The molecule has 19 heavy (non-hydrogen) atoms. The maximum Gasteiger partial charge on any atom is 0.307 e. The smallest absolute Gasteiger partial charge is 0.307 e. The summed E-state index contributed by atoms with van der Waals surface area (Å²) in [7, 11) is 2.12. The first-order valence-corrected chi connectivity index (χ1v) is 7.45. The molecular weight excluding hydrogens is 240 g/mol. The van der Waals surface area contributed by atoms with E-state index in [1.807, 2.05) is 6.92 Å². The SMILES string of the molecule is CCOC(=O)CCN(C)C1CCN(C(C)(C)C)CC1. The molecule has 0 atom stereocenters. The van der Waals surface area contributed by atoms with E-state index in [4.69, 9.17) is 4.74 Å². The summed E-state index contributed by atoms with van der Waals surface area (Å²) in [5, 5.41) is 0. The Labute approximate surface area is 118 Å². The van der Waals surface area contributed by atoms with Crippen LogP contribution in [0.5, 0.6) is 0 Å². The maximum absolute atomic E-state index is 11.4. The van der Waals surface area contributed by atoms with Gasteiger partial charge >= 0.3 is 5.97 Å². The number of esters is 1. The van der Waals surface area contributed by atoms with Gasteiger partial charge in [-0.25, -0.2) is 0 Å². The van der Waals surface area contributed by atoms with Crippen LogP contribution in [0.1, 0.15) is 47.0 Å². The minimum absolute atomic E-state index is 0.0820. The molecule has 1 aliphatic heterocycles. The Morgan fingerprint density at radius 3 is 2.37 bits per heavy atom. The lowest BCUT2D eigenvalue weighted by atomic mass is 9.97. The van der Waals surface area contributed by atoms with Crippen LogP contribution in [0, 0.1) is 0 Å². The van der Waals surface area contributed by atoms with Crippen molar-refractivity contribution in [1.29, 1.82) is 0 Å². The van der Waals surface area contributed by atoms with E-state index in [0.717, 1.165) is 19.6 Å². The number of hydrogen-bond donors (Lipinski definition) is 0. The van der Waals surface area contributed by atoms with Gasteiger partial charge in [0.15, 0.2) is 0 Å². The topological polar surface area (TPSA) is 32.8 Å². The lowest BCUT2D eigenvalue weighted by Gasteiger charge is -2.43. The first-order valence-electron chi connectivity index (χ1n) is 7.45. The third kappa shape index (κ3) is 5.49. The van der Waals surface area contributed by atoms with Crippen LogP contribution in [0.2, 0.25) is 0 Å². The molecule has 1 rings (SSSR count). The minimum Gasteiger partial charge on any atom is -0.466 e. The molecule has 0 amide bonds. The van der Waals surface area contributed by atoms with Crippen LogP contribution in [-0.2, 0) is 9.53 Å². The molecule has 0 aliphatic carbocycles. The summed E-state index contributed by atoms with van der Waals surface area (Å²) in [4.78, 5) is 16.2. The Balaban J connectivity index is 2.29. The summed E-state index contributed by atoms with van der Waals surface area (Å²) in [6.07, 6.45) is 2.89. The Hall–Kier alpha value is -0.610. The fraction of sp³-hybridized carbons (Fsp3) is 0.933. The van der Waals surface area contributed by atoms with Gasteiger partial charge in [-0.3, -0.25) is 9.69 Å². The summed E-state index contributed by atoms with van der Waals surface area (Å²) < 4.78 is 4.97. The van der Waals surface area contributed by atoms with Gasteiger partial charge in [-0.1, -0.05) is 0 Å². The minimum atomic E-state index is -0.0820. The highest BCUT2D eigenvalue weighted by atomic mass is 16.5. The number of likely N-dealkylation sites (tertiary alicyclic amines) is 1. The van der Waals surface area contributed by atoms with Crippen molar-refractivity contribution in [2.45, 2.75) is 58.5 Å². The van der Waals surface area contributed by atoms with Gasteiger partial charge in [0.25, 0.3) is 0 Å². The normalized spacial score (nSPS) is 18.8. The van der Waals surface area contributed by atoms with Crippen LogP contribution in [0.4, 0.5) is 0 Å². The van der Waals surface area contributed by atoms with Crippen LogP contribution in [0.3, 0.4) is 0 Å². The molecule has 1 heterocycles. The van der Waals surface area contributed by atoms with Crippen LogP contribution in [-0.4, -0.2) is 60.6 Å². The number of nitrogens with zero attached hydrogens (tertiary/aromatic N) is 2. The summed E-state index contributed by atoms with van der Waals surface area (Å²) in [6, 6.07) is 0.605. The van der Waals surface area contributed by atoms with Crippen LogP contribution in [0.15, 0.2) is 0 Å². The Morgan fingerprint density at radius 1 is 1.32 bits per heavy atom. The van der Waals surface area contributed by atoms with Crippen molar-refractivity contribution >= 4 is 5.97 Å². The second-order valence-corrected chi connectivity index (χ2v) is 6.42. The third-order valence-corrected chi connectivity index (χ3v) is 4.01. The molecule has 4 nitrogen and oxygen atoms in total. The highest BCUT2D eigenvalue weighted by molar-refractivity contribution is 5.69. The van der Waals surface area contributed by atoms with E-state index in [2.05, 4.69) is 37.6 Å². The van der Waals surface area contributed by atoms with Crippen molar-refractivity contribution in [1.82, 2.24) is 9.80 Å². The quantitative estimate of drug-likeness (QED) is 0.717. The Bertz CT molecular complexity index is 278. The molecule has 0 aromatic heterocycles. The number of rotatable bonds is 5. The largest absolute Gasteiger partial charge is 0.466 e. The van der Waals surface area contributed by atoms with Crippen molar-refractivity contribution in [3.05, 3.63) is 0 Å². The molecule has 4 heteroatoms. The van der Waals surface area contributed by atoms with Gasteiger partial charge in [0.05, 0.1) is 13.0 Å². The molecule has 112 valence electrons. The van der Waals surface area contributed by atoms with E-state index in [9.17, 15) is 4.79 Å². The van der Waals surface area contributed by atoms with Gasteiger partial charge in [-0.2, -0.15) is 0 Å². The van der Waals surface area contributed by atoms with Crippen molar-refractivity contribution in [3.8, 4) is 0 Å². The Morgan fingerprint density at radius 2 is 1.89 bits per heavy atom. The molecule has 0 aromatic carbocycles. The number of piperidine rings is 1. The molecule has 0 unspecified atom stereocenters. The maximum atomic E-state index is 11.4. The predicted octanol–water partition coefficient (Wildman–Crippen LogP) is 2.13. The molecule has 1 aliphatic rings. The number of carbonyl (C=O) groups is 1. The lowest BCUT2D eigenvalue weighted by molar-refractivity contribution is -0.143.